The summed E-state index contributed by atoms with van der Waals surface area (Å²) in [6.45, 7) is 5.26. The number of rotatable bonds is 2. The molecule has 2 aliphatic heterocycles. The molecule has 0 bridgehead atoms. The molecule has 0 aromatic carbocycles. The Morgan fingerprint density at radius 2 is 1.74 bits per heavy atom. The molecule has 2 fully saturated rings. The molecule has 0 saturated carbocycles. The van der Waals surface area contributed by atoms with Crippen LogP contribution < -0.4 is 0 Å². The maximum Gasteiger partial charge on any atom is 0.320 e. The van der Waals surface area contributed by atoms with Crippen LogP contribution in [0.1, 0.15) is 39.0 Å². The van der Waals surface area contributed by atoms with Crippen molar-refractivity contribution in [3.8, 4) is 0 Å². The monoisotopic (exact) mass is 268 g/mol. The average molecular weight is 268 g/mol. The Hall–Kier alpha value is -1.26. The van der Waals surface area contributed by atoms with Gasteiger partial charge in [0.2, 0.25) is 0 Å². The van der Waals surface area contributed by atoms with E-state index < -0.39 is 5.97 Å². The van der Waals surface area contributed by atoms with E-state index in [2.05, 4.69) is 6.92 Å². The number of likely N-dealkylation sites (tertiary alicyclic amines) is 2. The minimum Gasteiger partial charge on any atom is -0.481 e. The van der Waals surface area contributed by atoms with Crippen LogP contribution in [0.5, 0.6) is 0 Å². The van der Waals surface area contributed by atoms with Crippen LogP contribution in [0.15, 0.2) is 0 Å². The van der Waals surface area contributed by atoms with Crippen LogP contribution in [0.25, 0.3) is 0 Å². The van der Waals surface area contributed by atoms with Crippen LogP contribution in [-0.4, -0.2) is 53.1 Å². The molecule has 0 aromatic rings. The van der Waals surface area contributed by atoms with Gasteiger partial charge in [0.05, 0.1) is 0 Å². The lowest BCUT2D eigenvalue weighted by Crippen LogP contribution is -2.50. The van der Waals surface area contributed by atoms with Gasteiger partial charge in [0.25, 0.3) is 0 Å². The molecule has 1 N–H and O–H groups in total. The number of urea groups is 1. The Kier molecular flexibility index (Phi) is 4.66. The molecule has 0 aliphatic carbocycles. The predicted molar refractivity (Wildman–Crippen MR) is 71.9 cm³/mol. The number of carboxylic acid groups (broad SMARTS) is 1. The molecule has 108 valence electrons. The molecule has 2 amide bonds. The van der Waals surface area contributed by atoms with Gasteiger partial charge in [0, 0.05) is 32.6 Å². The summed E-state index contributed by atoms with van der Waals surface area (Å²) in [4.78, 5) is 27.0. The highest BCUT2D eigenvalue weighted by atomic mass is 16.4. The predicted octanol–water partition coefficient (Wildman–Crippen LogP) is 2.03. The molecule has 0 spiro atoms. The van der Waals surface area contributed by atoms with Crippen molar-refractivity contribution in [3.05, 3.63) is 0 Å². The van der Waals surface area contributed by atoms with Crippen molar-refractivity contribution in [3.63, 3.8) is 0 Å². The summed E-state index contributed by atoms with van der Waals surface area (Å²) in [7, 11) is 0. The lowest BCUT2D eigenvalue weighted by Gasteiger charge is -2.38. The zero-order valence-electron chi connectivity index (χ0n) is 11.7. The minimum absolute atomic E-state index is 0.113. The van der Waals surface area contributed by atoms with Crippen molar-refractivity contribution in [2.45, 2.75) is 39.0 Å². The molecule has 2 saturated heterocycles. The molecular weight excluding hydrogens is 244 g/mol. The summed E-state index contributed by atoms with van der Waals surface area (Å²) in [5.41, 5.74) is 0. The molecule has 5 nitrogen and oxygen atoms in total. The number of carbonyl (C=O) groups is 2. The van der Waals surface area contributed by atoms with Gasteiger partial charge in [-0.3, -0.25) is 4.79 Å². The first-order valence-corrected chi connectivity index (χ1v) is 7.32. The van der Waals surface area contributed by atoms with Gasteiger partial charge in [-0.25, -0.2) is 4.79 Å². The number of hydrogen-bond donors (Lipinski definition) is 1. The number of piperidine rings is 2. The molecule has 0 aromatic heterocycles. The van der Waals surface area contributed by atoms with Gasteiger partial charge in [0.15, 0.2) is 0 Å². The van der Waals surface area contributed by atoms with Gasteiger partial charge in [-0.15, -0.1) is 0 Å². The van der Waals surface area contributed by atoms with E-state index >= 15 is 0 Å². The van der Waals surface area contributed by atoms with Gasteiger partial charge in [0.1, 0.15) is 0 Å². The van der Waals surface area contributed by atoms with Crippen molar-refractivity contribution < 1.29 is 14.7 Å². The maximum atomic E-state index is 12.4. The van der Waals surface area contributed by atoms with E-state index in [0.29, 0.717) is 12.5 Å². The Bertz CT molecular complexity index is 346. The molecule has 0 radical (unpaired) electrons. The zero-order valence-corrected chi connectivity index (χ0v) is 11.7. The third-order valence-corrected chi connectivity index (χ3v) is 4.18. The first-order valence-electron chi connectivity index (χ1n) is 7.32. The molecular formula is C14H24N2O3. The Morgan fingerprint density at radius 3 is 2.37 bits per heavy atom. The number of carboxylic acids is 1. The number of nitrogens with zero attached hydrogens (tertiary/aromatic N) is 2. The van der Waals surface area contributed by atoms with Crippen LogP contribution in [0, 0.1) is 11.8 Å². The van der Waals surface area contributed by atoms with E-state index in [1.807, 2.05) is 9.80 Å². The van der Waals surface area contributed by atoms with E-state index in [4.69, 9.17) is 5.11 Å². The topological polar surface area (TPSA) is 60.9 Å². The lowest BCUT2D eigenvalue weighted by molar-refractivity contribution is -0.138. The third kappa shape index (κ3) is 3.85. The smallest absolute Gasteiger partial charge is 0.320 e. The number of carbonyl (C=O) groups excluding carboxylic acids is 1. The van der Waals surface area contributed by atoms with Crippen molar-refractivity contribution in [1.29, 1.82) is 0 Å². The van der Waals surface area contributed by atoms with Gasteiger partial charge in [-0.1, -0.05) is 6.92 Å². The van der Waals surface area contributed by atoms with Crippen LogP contribution in [-0.2, 0) is 4.79 Å². The summed E-state index contributed by atoms with van der Waals surface area (Å²) in [6, 6.07) is 0.113. The molecule has 2 rings (SSSR count). The Labute approximate surface area is 114 Å². The fourth-order valence-corrected chi connectivity index (χ4v) is 3.22. The van der Waals surface area contributed by atoms with Crippen molar-refractivity contribution >= 4 is 12.0 Å². The maximum absolute atomic E-state index is 12.4. The molecule has 2 heterocycles. The Morgan fingerprint density at radius 1 is 1.11 bits per heavy atom. The summed E-state index contributed by atoms with van der Waals surface area (Å²) in [5, 5.41) is 8.86. The third-order valence-electron chi connectivity index (χ3n) is 4.18. The Balaban J connectivity index is 1.89. The second-order valence-corrected chi connectivity index (χ2v) is 6.03. The van der Waals surface area contributed by atoms with E-state index in [1.54, 1.807) is 0 Å². The average Bonchev–Trinajstić information content (AvgIpc) is 2.37. The highest BCUT2D eigenvalue weighted by molar-refractivity contribution is 5.75. The SMILES string of the molecule is CC1CCCN(C(=O)N2CCCC(CC(=O)O)C2)C1. The highest BCUT2D eigenvalue weighted by Gasteiger charge is 2.29. The zero-order chi connectivity index (χ0) is 13.8. The first-order chi connectivity index (χ1) is 9.06. The quantitative estimate of drug-likeness (QED) is 0.833. The first kappa shape index (κ1) is 14.2. The fourth-order valence-electron chi connectivity index (χ4n) is 3.22. The van der Waals surface area contributed by atoms with Crippen LogP contribution in [0.4, 0.5) is 4.79 Å². The van der Waals surface area contributed by atoms with Crippen molar-refractivity contribution in [1.82, 2.24) is 9.80 Å². The molecule has 2 aliphatic rings. The van der Waals surface area contributed by atoms with E-state index in [9.17, 15) is 9.59 Å². The second kappa shape index (κ2) is 6.26. The van der Waals surface area contributed by atoms with Crippen molar-refractivity contribution in [2.75, 3.05) is 26.2 Å². The van der Waals surface area contributed by atoms with Gasteiger partial charge in [-0.05, 0) is 37.5 Å². The van der Waals surface area contributed by atoms with Crippen LogP contribution in [0.3, 0.4) is 0 Å². The van der Waals surface area contributed by atoms with Crippen LogP contribution >= 0.6 is 0 Å². The normalized spacial score (nSPS) is 28.3. The van der Waals surface area contributed by atoms with E-state index in [1.165, 1.54) is 6.42 Å². The lowest BCUT2D eigenvalue weighted by atomic mass is 9.95. The van der Waals surface area contributed by atoms with Gasteiger partial charge < -0.3 is 14.9 Å². The summed E-state index contributed by atoms with van der Waals surface area (Å²) in [5.74, 6) is -0.0550. The summed E-state index contributed by atoms with van der Waals surface area (Å²) in [6.07, 6.45) is 4.31. The van der Waals surface area contributed by atoms with Crippen LogP contribution in [0.2, 0.25) is 0 Å². The summed E-state index contributed by atoms with van der Waals surface area (Å²) < 4.78 is 0. The van der Waals surface area contributed by atoms with Gasteiger partial charge in [-0.2, -0.15) is 0 Å². The second-order valence-electron chi connectivity index (χ2n) is 6.03. The van der Waals surface area contributed by atoms with Gasteiger partial charge >= 0.3 is 12.0 Å². The molecule has 2 unspecified atom stereocenters. The standard InChI is InChI=1S/C14H24N2O3/c1-11-4-2-6-15(9-11)14(19)16-7-3-5-12(10-16)8-13(17)18/h11-12H,2-10H2,1H3,(H,17,18). The largest absolute Gasteiger partial charge is 0.481 e. The molecule has 5 heteroatoms. The number of hydrogen-bond acceptors (Lipinski definition) is 2. The minimum atomic E-state index is -0.758. The van der Waals surface area contributed by atoms with Crippen molar-refractivity contribution in [2.24, 2.45) is 11.8 Å². The van der Waals surface area contributed by atoms with E-state index in [-0.39, 0.29) is 18.4 Å². The van der Waals surface area contributed by atoms with E-state index in [0.717, 1.165) is 38.9 Å². The fraction of sp³-hybridized carbons (Fsp3) is 0.857. The number of amides is 2. The molecule has 19 heavy (non-hydrogen) atoms. The molecule has 2 atom stereocenters. The summed E-state index contributed by atoms with van der Waals surface area (Å²) >= 11 is 0. The highest BCUT2D eigenvalue weighted by Crippen LogP contribution is 2.23. The number of aliphatic carboxylic acids is 1.